The van der Waals surface area contributed by atoms with Crippen LogP contribution < -0.4 is 5.32 Å². The lowest BCUT2D eigenvalue weighted by Gasteiger charge is -2.05. The van der Waals surface area contributed by atoms with E-state index in [0.29, 0.717) is 19.4 Å². The summed E-state index contributed by atoms with van der Waals surface area (Å²) in [6.07, 6.45) is 5.37. The van der Waals surface area contributed by atoms with E-state index in [1.165, 1.54) is 0 Å². The molecule has 5 heteroatoms. The van der Waals surface area contributed by atoms with Crippen LogP contribution in [0.5, 0.6) is 0 Å². The number of halogens is 1. The maximum atomic E-state index is 11.7. The number of aromatic amines is 1. The third kappa shape index (κ3) is 4.38. The fourth-order valence-corrected chi connectivity index (χ4v) is 2.10. The van der Waals surface area contributed by atoms with Gasteiger partial charge in [-0.1, -0.05) is 23.7 Å². The number of nitrogens with zero attached hydrogens (tertiary/aromatic N) is 1. The number of carbonyl (C=O) groups is 1. The standard InChI is InChI=1S/C15H18ClN3O/c1-11-2-3-12(10-13(11)16)4-5-15(20)19-7-6-14-17-8-9-18-14/h2-3,8-10H,4-7H2,1H3,(H,17,18)(H,19,20). The van der Waals surface area contributed by atoms with E-state index < -0.39 is 0 Å². The van der Waals surface area contributed by atoms with Crippen LogP contribution in [0.4, 0.5) is 0 Å². The Hall–Kier alpha value is -1.81. The van der Waals surface area contributed by atoms with Crippen molar-refractivity contribution >= 4 is 17.5 Å². The summed E-state index contributed by atoms with van der Waals surface area (Å²) < 4.78 is 0. The van der Waals surface area contributed by atoms with Crippen molar-refractivity contribution in [2.24, 2.45) is 0 Å². The van der Waals surface area contributed by atoms with Crippen LogP contribution in [-0.4, -0.2) is 22.4 Å². The maximum Gasteiger partial charge on any atom is 0.220 e. The molecule has 106 valence electrons. The molecule has 20 heavy (non-hydrogen) atoms. The highest BCUT2D eigenvalue weighted by Crippen LogP contribution is 2.17. The van der Waals surface area contributed by atoms with Crippen LogP contribution in [0.2, 0.25) is 5.02 Å². The summed E-state index contributed by atoms with van der Waals surface area (Å²) in [7, 11) is 0. The molecule has 0 spiro atoms. The molecule has 0 aliphatic carbocycles. The van der Waals surface area contributed by atoms with Crippen molar-refractivity contribution in [3.63, 3.8) is 0 Å². The predicted molar refractivity (Wildman–Crippen MR) is 79.8 cm³/mol. The zero-order chi connectivity index (χ0) is 14.4. The van der Waals surface area contributed by atoms with Gasteiger partial charge in [-0.3, -0.25) is 4.79 Å². The molecule has 0 radical (unpaired) electrons. The van der Waals surface area contributed by atoms with Gasteiger partial charge >= 0.3 is 0 Å². The van der Waals surface area contributed by atoms with E-state index in [4.69, 9.17) is 11.6 Å². The van der Waals surface area contributed by atoms with Crippen molar-refractivity contribution in [1.82, 2.24) is 15.3 Å². The Bertz CT molecular complexity index is 567. The molecular formula is C15H18ClN3O. The minimum Gasteiger partial charge on any atom is -0.356 e. The summed E-state index contributed by atoms with van der Waals surface area (Å²) in [6, 6.07) is 5.91. The van der Waals surface area contributed by atoms with Gasteiger partial charge in [0.15, 0.2) is 0 Å². The van der Waals surface area contributed by atoms with Crippen molar-refractivity contribution < 1.29 is 4.79 Å². The zero-order valence-electron chi connectivity index (χ0n) is 11.4. The lowest BCUT2D eigenvalue weighted by atomic mass is 10.1. The number of benzene rings is 1. The molecule has 2 rings (SSSR count). The number of amides is 1. The third-order valence-corrected chi connectivity index (χ3v) is 3.52. The lowest BCUT2D eigenvalue weighted by Crippen LogP contribution is -2.26. The van der Waals surface area contributed by atoms with Gasteiger partial charge in [-0.15, -0.1) is 0 Å². The molecule has 0 unspecified atom stereocenters. The van der Waals surface area contributed by atoms with Gasteiger partial charge in [0.2, 0.25) is 5.91 Å². The zero-order valence-corrected chi connectivity index (χ0v) is 12.2. The van der Waals surface area contributed by atoms with E-state index in [1.807, 2.05) is 25.1 Å². The van der Waals surface area contributed by atoms with Crippen LogP contribution in [0, 0.1) is 6.92 Å². The smallest absolute Gasteiger partial charge is 0.220 e. The molecule has 1 aromatic carbocycles. The van der Waals surface area contributed by atoms with E-state index in [2.05, 4.69) is 15.3 Å². The van der Waals surface area contributed by atoms with Crippen LogP contribution in [0.25, 0.3) is 0 Å². The van der Waals surface area contributed by atoms with Gasteiger partial charge in [0.25, 0.3) is 0 Å². The molecule has 0 fully saturated rings. The van der Waals surface area contributed by atoms with Crippen LogP contribution >= 0.6 is 11.6 Å². The molecule has 0 saturated carbocycles. The minimum absolute atomic E-state index is 0.0493. The van der Waals surface area contributed by atoms with E-state index in [-0.39, 0.29) is 5.91 Å². The van der Waals surface area contributed by atoms with Gasteiger partial charge in [-0.2, -0.15) is 0 Å². The SMILES string of the molecule is Cc1ccc(CCC(=O)NCCc2ncc[nH]2)cc1Cl. The number of nitrogens with one attached hydrogen (secondary N) is 2. The Morgan fingerprint density at radius 2 is 2.25 bits per heavy atom. The summed E-state index contributed by atoms with van der Waals surface area (Å²) in [4.78, 5) is 18.8. The van der Waals surface area contributed by atoms with Gasteiger partial charge in [-0.25, -0.2) is 4.98 Å². The average molecular weight is 292 g/mol. The molecule has 0 saturated heterocycles. The second kappa shape index (κ2) is 7.10. The Morgan fingerprint density at radius 3 is 2.95 bits per heavy atom. The summed E-state index contributed by atoms with van der Waals surface area (Å²) >= 11 is 6.06. The molecule has 1 heterocycles. The molecule has 1 amide bonds. The van der Waals surface area contributed by atoms with Gasteiger partial charge < -0.3 is 10.3 Å². The normalized spacial score (nSPS) is 10.5. The van der Waals surface area contributed by atoms with E-state index in [0.717, 1.165) is 28.4 Å². The first-order valence-corrected chi connectivity index (χ1v) is 7.03. The quantitative estimate of drug-likeness (QED) is 0.860. The van der Waals surface area contributed by atoms with E-state index >= 15 is 0 Å². The molecule has 0 atom stereocenters. The number of imidazole rings is 1. The number of aryl methyl sites for hydroxylation is 2. The van der Waals surface area contributed by atoms with Gasteiger partial charge in [0.1, 0.15) is 5.82 Å². The predicted octanol–water partition coefficient (Wildman–Crippen LogP) is 2.66. The highest BCUT2D eigenvalue weighted by atomic mass is 35.5. The summed E-state index contributed by atoms with van der Waals surface area (Å²) in [5, 5.41) is 3.64. The van der Waals surface area contributed by atoms with Crippen molar-refractivity contribution in [3.05, 3.63) is 52.6 Å². The van der Waals surface area contributed by atoms with Crippen molar-refractivity contribution in [2.75, 3.05) is 6.54 Å². The molecule has 0 aliphatic heterocycles. The fraction of sp³-hybridized carbons (Fsp3) is 0.333. The van der Waals surface area contributed by atoms with Gasteiger partial charge in [-0.05, 0) is 30.5 Å². The second-order valence-electron chi connectivity index (χ2n) is 4.72. The Labute approximate surface area is 123 Å². The van der Waals surface area contributed by atoms with Crippen LogP contribution in [-0.2, 0) is 17.6 Å². The van der Waals surface area contributed by atoms with E-state index in [1.54, 1.807) is 12.4 Å². The number of hydrogen-bond acceptors (Lipinski definition) is 2. The highest BCUT2D eigenvalue weighted by Gasteiger charge is 2.04. The number of aromatic nitrogens is 2. The third-order valence-electron chi connectivity index (χ3n) is 3.12. The van der Waals surface area contributed by atoms with Crippen LogP contribution in [0.15, 0.2) is 30.6 Å². The molecule has 0 aliphatic rings. The van der Waals surface area contributed by atoms with Gasteiger partial charge in [0, 0.05) is 36.8 Å². The molecule has 4 nitrogen and oxygen atoms in total. The number of rotatable bonds is 6. The summed E-state index contributed by atoms with van der Waals surface area (Å²) in [5.41, 5.74) is 2.14. The molecule has 0 bridgehead atoms. The Balaban J connectivity index is 1.70. The monoisotopic (exact) mass is 291 g/mol. The average Bonchev–Trinajstić information content (AvgIpc) is 2.93. The number of hydrogen-bond donors (Lipinski definition) is 2. The van der Waals surface area contributed by atoms with Gasteiger partial charge in [0.05, 0.1) is 0 Å². The topological polar surface area (TPSA) is 57.8 Å². The first-order chi connectivity index (χ1) is 9.65. The van der Waals surface area contributed by atoms with Crippen molar-refractivity contribution in [2.45, 2.75) is 26.2 Å². The Kier molecular flexibility index (Phi) is 5.18. The summed E-state index contributed by atoms with van der Waals surface area (Å²) in [5.74, 6) is 0.934. The second-order valence-corrected chi connectivity index (χ2v) is 5.13. The number of carbonyl (C=O) groups excluding carboxylic acids is 1. The molecule has 2 aromatic rings. The van der Waals surface area contributed by atoms with Crippen molar-refractivity contribution in [1.29, 1.82) is 0 Å². The van der Waals surface area contributed by atoms with Crippen molar-refractivity contribution in [3.8, 4) is 0 Å². The van der Waals surface area contributed by atoms with E-state index in [9.17, 15) is 4.79 Å². The first-order valence-electron chi connectivity index (χ1n) is 6.65. The largest absolute Gasteiger partial charge is 0.356 e. The Morgan fingerprint density at radius 1 is 1.40 bits per heavy atom. The first kappa shape index (κ1) is 14.6. The molecule has 1 aromatic heterocycles. The molecular weight excluding hydrogens is 274 g/mol. The van der Waals surface area contributed by atoms with Crippen LogP contribution in [0.3, 0.4) is 0 Å². The minimum atomic E-state index is 0.0493. The highest BCUT2D eigenvalue weighted by molar-refractivity contribution is 6.31. The number of H-pyrrole nitrogens is 1. The lowest BCUT2D eigenvalue weighted by molar-refractivity contribution is -0.121. The maximum absolute atomic E-state index is 11.7. The van der Waals surface area contributed by atoms with Crippen LogP contribution in [0.1, 0.15) is 23.4 Å². The molecule has 2 N–H and O–H groups in total. The fourth-order valence-electron chi connectivity index (χ4n) is 1.89. The summed E-state index contributed by atoms with van der Waals surface area (Å²) in [6.45, 7) is 2.56.